The number of ketones is 2. The van der Waals surface area contributed by atoms with Crippen molar-refractivity contribution in [3.05, 3.63) is 52.8 Å². The van der Waals surface area contributed by atoms with E-state index < -0.39 is 58.0 Å². The molecule has 1 aromatic carbocycles. The second kappa shape index (κ2) is 6.53. The Morgan fingerprint density at radius 3 is 2.45 bits per heavy atom. The molecule has 0 bridgehead atoms. The molecule has 9 heteroatoms. The average Bonchev–Trinajstić information content (AvgIpc) is 2.68. The number of likely N-dealkylation sites (N-methyl/N-ethyl adjacent to an activating group) is 1. The van der Waals surface area contributed by atoms with Crippen LogP contribution in [0, 0.1) is 11.8 Å². The molecule has 0 aliphatic heterocycles. The van der Waals surface area contributed by atoms with Gasteiger partial charge in [0.05, 0.1) is 11.6 Å². The lowest BCUT2D eigenvalue weighted by molar-refractivity contribution is -0.152. The maximum atomic E-state index is 13.6. The number of fused-ring (bicyclic) bond motifs is 3. The topological polar surface area (TPSA) is 161 Å². The maximum absolute atomic E-state index is 13.6. The molecule has 162 valence electrons. The van der Waals surface area contributed by atoms with Gasteiger partial charge >= 0.3 is 0 Å². The number of primary amides is 1. The number of phenolic OH excluding ortho intramolecular Hbond substituents is 1. The Morgan fingerprint density at radius 2 is 1.87 bits per heavy atom. The van der Waals surface area contributed by atoms with Gasteiger partial charge in [-0.2, -0.15) is 0 Å². The molecule has 1 aromatic rings. The number of carbonyl (C=O) groups excluding carboxylic acids is 3. The number of nitrogens with zero attached hydrogens (tertiary/aromatic N) is 1. The smallest absolute Gasteiger partial charge is 0.255 e. The van der Waals surface area contributed by atoms with E-state index >= 15 is 0 Å². The first-order valence-corrected chi connectivity index (χ1v) is 9.60. The predicted molar refractivity (Wildman–Crippen MR) is 110 cm³/mol. The average molecular weight is 426 g/mol. The summed E-state index contributed by atoms with van der Waals surface area (Å²) in [4.78, 5) is 39.9. The monoisotopic (exact) mass is 426 g/mol. The van der Waals surface area contributed by atoms with Gasteiger partial charge in [0.25, 0.3) is 5.91 Å². The summed E-state index contributed by atoms with van der Waals surface area (Å²) in [6.45, 7) is 4.02. The van der Waals surface area contributed by atoms with Gasteiger partial charge in [-0.25, -0.2) is 0 Å². The van der Waals surface area contributed by atoms with Gasteiger partial charge in [0.2, 0.25) is 5.78 Å². The molecule has 0 saturated heterocycles. The van der Waals surface area contributed by atoms with Crippen LogP contribution in [0.4, 0.5) is 0 Å². The Morgan fingerprint density at radius 1 is 1.23 bits per heavy atom. The fourth-order valence-electron chi connectivity index (χ4n) is 5.15. The molecular weight excluding hydrogens is 404 g/mol. The number of aliphatic hydroxyl groups is 3. The first kappa shape index (κ1) is 20.8. The molecule has 1 saturated carbocycles. The molecule has 4 atom stereocenters. The first-order valence-electron chi connectivity index (χ1n) is 9.60. The number of rotatable bonds is 2. The molecule has 3 aliphatic rings. The van der Waals surface area contributed by atoms with Gasteiger partial charge in [0, 0.05) is 17.4 Å². The van der Waals surface area contributed by atoms with Gasteiger partial charge in [-0.15, -0.1) is 0 Å². The summed E-state index contributed by atoms with van der Waals surface area (Å²) < 4.78 is 0. The number of hydrogen-bond donors (Lipinski definition) is 5. The molecule has 3 aliphatic carbocycles. The van der Waals surface area contributed by atoms with Crippen molar-refractivity contribution in [1.29, 1.82) is 0 Å². The highest BCUT2D eigenvalue weighted by Crippen LogP contribution is 2.55. The van der Waals surface area contributed by atoms with Gasteiger partial charge in [-0.1, -0.05) is 18.7 Å². The summed E-state index contributed by atoms with van der Waals surface area (Å²) in [5.41, 5.74) is 2.37. The Kier molecular flexibility index (Phi) is 4.39. The van der Waals surface area contributed by atoms with Crippen LogP contribution >= 0.6 is 0 Å². The van der Waals surface area contributed by atoms with E-state index in [-0.39, 0.29) is 23.3 Å². The highest BCUT2D eigenvalue weighted by Gasteiger charge is 2.64. The molecule has 9 nitrogen and oxygen atoms in total. The molecule has 0 unspecified atom stereocenters. The quantitative estimate of drug-likeness (QED) is 0.426. The minimum Gasteiger partial charge on any atom is -0.508 e. The van der Waals surface area contributed by atoms with Gasteiger partial charge in [0.15, 0.2) is 11.4 Å². The second-order valence-corrected chi connectivity index (χ2v) is 8.34. The number of nitrogens with two attached hydrogens (primary N) is 1. The minimum atomic E-state index is -2.66. The van der Waals surface area contributed by atoms with Crippen LogP contribution in [0.5, 0.6) is 5.75 Å². The summed E-state index contributed by atoms with van der Waals surface area (Å²) in [5, 5.41) is 43.3. The van der Waals surface area contributed by atoms with Gasteiger partial charge in [0.1, 0.15) is 22.8 Å². The van der Waals surface area contributed by atoms with E-state index in [4.69, 9.17) is 5.73 Å². The molecule has 1 fully saturated rings. The Balaban J connectivity index is 2.03. The van der Waals surface area contributed by atoms with Crippen molar-refractivity contribution in [3.8, 4) is 5.75 Å². The molecule has 6 N–H and O–H groups in total. The van der Waals surface area contributed by atoms with Crippen molar-refractivity contribution in [2.24, 2.45) is 17.6 Å². The Labute approximate surface area is 177 Å². The van der Waals surface area contributed by atoms with Crippen LogP contribution < -0.4 is 5.73 Å². The normalized spacial score (nSPS) is 30.3. The summed E-state index contributed by atoms with van der Waals surface area (Å²) >= 11 is 0. The van der Waals surface area contributed by atoms with E-state index in [0.717, 1.165) is 0 Å². The first-order chi connectivity index (χ1) is 14.4. The van der Waals surface area contributed by atoms with Crippen molar-refractivity contribution in [3.63, 3.8) is 0 Å². The van der Waals surface area contributed by atoms with Gasteiger partial charge in [-0.3, -0.25) is 19.3 Å². The number of allylic oxidation sites excluding steroid dienone is 1. The number of hydrogen-bond acceptors (Lipinski definition) is 8. The molecule has 0 radical (unpaired) electrons. The fourth-order valence-corrected chi connectivity index (χ4v) is 5.15. The SMILES string of the molecule is C=C1c2cccc(O)c2C(O)=C2C(=O)[C@]3(O)C(O)=C(C(N)=O)C(=O)[C@@H](N(C)C)[C@@H]3C[C@H]12. The fraction of sp³-hybridized carbons (Fsp3) is 0.318. The third-order valence-corrected chi connectivity index (χ3v) is 6.56. The van der Waals surface area contributed by atoms with Crippen molar-refractivity contribution >= 4 is 28.8 Å². The lowest BCUT2D eigenvalue weighted by atomic mass is 9.56. The number of phenols is 1. The Hall–Kier alpha value is -3.43. The van der Waals surface area contributed by atoms with Gasteiger partial charge in [-0.05, 0) is 37.7 Å². The zero-order chi connectivity index (χ0) is 23.0. The molecule has 1 amide bonds. The van der Waals surface area contributed by atoms with Crippen LogP contribution in [-0.2, 0) is 14.4 Å². The minimum absolute atomic E-state index is 0.0104. The summed E-state index contributed by atoms with van der Waals surface area (Å²) in [6.07, 6.45) is -0.0275. The Bertz CT molecular complexity index is 1150. The lowest BCUT2D eigenvalue weighted by Crippen LogP contribution is -2.65. The number of benzene rings is 1. The zero-order valence-corrected chi connectivity index (χ0v) is 16.9. The highest BCUT2D eigenvalue weighted by atomic mass is 16.3. The van der Waals surface area contributed by atoms with E-state index in [0.29, 0.717) is 11.1 Å². The number of carbonyl (C=O) groups is 3. The van der Waals surface area contributed by atoms with Crippen LogP contribution in [0.1, 0.15) is 17.5 Å². The second-order valence-electron chi connectivity index (χ2n) is 8.34. The van der Waals surface area contributed by atoms with E-state index in [1.165, 1.54) is 11.0 Å². The van der Waals surface area contributed by atoms with Crippen LogP contribution in [0.25, 0.3) is 11.3 Å². The van der Waals surface area contributed by atoms with E-state index in [1.54, 1.807) is 26.2 Å². The van der Waals surface area contributed by atoms with Crippen LogP contribution in [0.15, 0.2) is 41.7 Å². The number of aromatic hydroxyl groups is 1. The van der Waals surface area contributed by atoms with Crippen molar-refractivity contribution in [1.82, 2.24) is 4.90 Å². The number of Topliss-reactive ketones (excluding diaryl/α,β-unsaturated/α-hetero) is 2. The summed E-state index contributed by atoms with van der Waals surface area (Å²) in [7, 11) is 3.08. The lowest BCUT2D eigenvalue weighted by Gasteiger charge is -2.50. The molecule has 0 aromatic heterocycles. The van der Waals surface area contributed by atoms with Crippen LogP contribution in [0.3, 0.4) is 0 Å². The van der Waals surface area contributed by atoms with Crippen LogP contribution in [-0.4, -0.2) is 68.5 Å². The predicted octanol–water partition coefficient (Wildman–Crippen LogP) is 0.435. The highest BCUT2D eigenvalue weighted by molar-refractivity contribution is 6.25. The number of amides is 1. The van der Waals surface area contributed by atoms with Crippen LogP contribution in [0.2, 0.25) is 0 Å². The third-order valence-electron chi connectivity index (χ3n) is 6.56. The van der Waals surface area contributed by atoms with E-state index in [1.807, 2.05) is 0 Å². The molecular formula is C22H22N2O7. The van der Waals surface area contributed by atoms with Crippen molar-refractivity contribution < 1.29 is 34.8 Å². The van der Waals surface area contributed by atoms with E-state index in [9.17, 15) is 34.8 Å². The molecule has 0 heterocycles. The van der Waals surface area contributed by atoms with Crippen molar-refractivity contribution in [2.75, 3.05) is 14.1 Å². The van der Waals surface area contributed by atoms with Crippen molar-refractivity contribution in [2.45, 2.75) is 18.1 Å². The zero-order valence-electron chi connectivity index (χ0n) is 16.9. The molecule has 31 heavy (non-hydrogen) atoms. The molecule has 0 spiro atoms. The largest absolute Gasteiger partial charge is 0.508 e. The standard InChI is InChI=1S/C22H22N2O7/c1-8-9-5-4-6-12(25)13(9)17(26)14-10(8)7-11-16(24(2)3)18(27)15(21(23)30)20(29)22(11,31)19(14)28/h4-6,10-11,16,25-26,29,31H,1,7H2,2-3H3,(H2,23,30)/t10-,11+,16+,22+/m1/s1. The van der Waals surface area contributed by atoms with Gasteiger partial charge < -0.3 is 26.2 Å². The van der Waals surface area contributed by atoms with E-state index in [2.05, 4.69) is 6.58 Å². The summed E-state index contributed by atoms with van der Waals surface area (Å²) in [6, 6.07) is 3.40. The maximum Gasteiger partial charge on any atom is 0.255 e. The molecule has 4 rings (SSSR count). The third kappa shape index (κ3) is 2.47. The number of aliphatic hydroxyl groups excluding tert-OH is 2. The summed E-state index contributed by atoms with van der Waals surface area (Å²) in [5.74, 6) is -7.00.